The molecule has 2 rings (SSSR count). The fraction of sp³-hybridized carbons (Fsp3) is 0.188. The third-order valence-electron chi connectivity index (χ3n) is 2.85. The molecular formula is C16H15NO5S. The van der Waals surface area contributed by atoms with Gasteiger partial charge in [-0.2, -0.15) is 0 Å². The van der Waals surface area contributed by atoms with E-state index in [9.17, 15) is 9.59 Å². The number of hydrogen-bond acceptors (Lipinski definition) is 6. The van der Waals surface area contributed by atoms with Crippen molar-refractivity contribution in [3.05, 3.63) is 45.9 Å². The van der Waals surface area contributed by atoms with Crippen LogP contribution in [0.5, 0.6) is 5.75 Å². The van der Waals surface area contributed by atoms with Gasteiger partial charge in [-0.15, -0.1) is 11.3 Å². The van der Waals surface area contributed by atoms with E-state index in [0.29, 0.717) is 15.6 Å². The lowest BCUT2D eigenvalue weighted by atomic mass is 10.2. The molecule has 0 unspecified atom stereocenters. The Morgan fingerprint density at radius 2 is 2.13 bits per heavy atom. The Bertz CT molecular complexity index is 738. The van der Waals surface area contributed by atoms with Gasteiger partial charge < -0.3 is 14.6 Å². The molecule has 1 atom stereocenters. The van der Waals surface area contributed by atoms with Gasteiger partial charge in [0, 0.05) is 0 Å². The van der Waals surface area contributed by atoms with Crippen LogP contribution in [0.25, 0.3) is 12.2 Å². The van der Waals surface area contributed by atoms with Crippen molar-refractivity contribution < 1.29 is 24.2 Å². The number of hydrogen-bond donors (Lipinski definition) is 1. The number of nitrogens with zero attached hydrogens (tertiary/aromatic N) is 1. The molecule has 7 heteroatoms. The van der Waals surface area contributed by atoms with E-state index in [4.69, 9.17) is 9.84 Å². The van der Waals surface area contributed by atoms with Crippen LogP contribution in [0.2, 0.25) is 0 Å². The van der Waals surface area contributed by atoms with Crippen molar-refractivity contribution in [2.24, 2.45) is 0 Å². The highest BCUT2D eigenvalue weighted by molar-refractivity contribution is 7.14. The predicted molar refractivity (Wildman–Crippen MR) is 86.5 cm³/mol. The second kappa shape index (κ2) is 7.55. The molecule has 6 nitrogen and oxygen atoms in total. The molecule has 0 radical (unpaired) electrons. The lowest BCUT2D eigenvalue weighted by Gasteiger charge is -2.10. The third kappa shape index (κ3) is 4.65. The maximum Gasteiger partial charge on any atom is 0.349 e. The second-order valence-electron chi connectivity index (χ2n) is 4.56. The lowest BCUT2D eigenvalue weighted by molar-refractivity contribution is -0.144. The smallest absolute Gasteiger partial charge is 0.349 e. The number of carboxylic acid groups (broad SMARTS) is 1. The van der Waals surface area contributed by atoms with Gasteiger partial charge in [-0.25, -0.2) is 14.6 Å². The first kappa shape index (κ1) is 16.7. The van der Waals surface area contributed by atoms with Crippen molar-refractivity contribution in [1.82, 2.24) is 4.98 Å². The van der Waals surface area contributed by atoms with Gasteiger partial charge in [-0.05, 0) is 30.7 Å². The van der Waals surface area contributed by atoms with Gasteiger partial charge in [0.2, 0.25) is 0 Å². The van der Waals surface area contributed by atoms with E-state index in [1.54, 1.807) is 30.4 Å². The number of rotatable bonds is 6. The van der Waals surface area contributed by atoms with E-state index in [0.717, 1.165) is 5.56 Å². The van der Waals surface area contributed by atoms with E-state index in [-0.39, 0.29) is 0 Å². The molecule has 0 spiro atoms. The zero-order chi connectivity index (χ0) is 16.8. The first-order chi connectivity index (χ1) is 11.0. The van der Waals surface area contributed by atoms with Crippen molar-refractivity contribution in [3.63, 3.8) is 0 Å². The summed E-state index contributed by atoms with van der Waals surface area (Å²) in [5.74, 6) is -0.972. The molecular weight excluding hydrogens is 318 g/mol. The van der Waals surface area contributed by atoms with Crippen LogP contribution in [-0.4, -0.2) is 35.2 Å². The number of aliphatic carboxylic acids is 1. The Morgan fingerprint density at radius 3 is 2.83 bits per heavy atom. The minimum absolute atomic E-state index is 0.416. The first-order valence-electron chi connectivity index (χ1n) is 6.71. The summed E-state index contributed by atoms with van der Waals surface area (Å²) in [7, 11) is 1.32. The van der Waals surface area contributed by atoms with Crippen molar-refractivity contribution in [2.45, 2.75) is 13.0 Å². The fourth-order valence-electron chi connectivity index (χ4n) is 1.67. The van der Waals surface area contributed by atoms with Crippen molar-refractivity contribution in [2.75, 3.05) is 7.11 Å². The normalized spacial score (nSPS) is 12.1. The summed E-state index contributed by atoms with van der Waals surface area (Å²) in [6.45, 7) is 1.47. The summed E-state index contributed by atoms with van der Waals surface area (Å²) in [6.07, 6.45) is 4.11. The average molecular weight is 333 g/mol. The van der Waals surface area contributed by atoms with Crippen LogP contribution in [0.1, 0.15) is 27.2 Å². The second-order valence-corrected chi connectivity index (χ2v) is 5.62. The number of carboxylic acids is 1. The molecule has 0 saturated heterocycles. The van der Waals surface area contributed by atoms with Crippen molar-refractivity contribution >= 4 is 35.4 Å². The van der Waals surface area contributed by atoms with E-state index in [1.165, 1.54) is 31.6 Å². The Kier molecular flexibility index (Phi) is 5.48. The molecule has 120 valence electrons. The predicted octanol–water partition coefficient (Wildman–Crippen LogP) is 2.95. The topological polar surface area (TPSA) is 85.7 Å². The molecule has 2 aromatic rings. The highest BCUT2D eigenvalue weighted by atomic mass is 32.1. The van der Waals surface area contributed by atoms with E-state index in [1.807, 2.05) is 6.07 Å². The summed E-state index contributed by atoms with van der Waals surface area (Å²) in [5.41, 5.74) is 0.829. The zero-order valence-corrected chi connectivity index (χ0v) is 13.4. The van der Waals surface area contributed by atoms with Gasteiger partial charge in [0.05, 0.1) is 13.3 Å². The third-order valence-corrected chi connectivity index (χ3v) is 3.79. The maximum absolute atomic E-state index is 11.4. The molecule has 1 N–H and O–H groups in total. The van der Waals surface area contributed by atoms with Crippen LogP contribution < -0.4 is 4.74 Å². The molecule has 0 saturated carbocycles. The average Bonchev–Trinajstić information content (AvgIpc) is 3.01. The summed E-state index contributed by atoms with van der Waals surface area (Å²) in [4.78, 5) is 26.7. The standard InChI is InChI=1S/C16H15NO5S/c1-10(15(18)19)22-12-5-3-4-11(8-12)6-7-14-17-9-13(23-14)16(20)21-2/h3-10H,1-2H3,(H,18,19)/b7-6-/t10-/m1/s1. The van der Waals surface area contributed by atoms with Gasteiger partial charge in [-0.1, -0.05) is 18.2 Å². The minimum atomic E-state index is -1.02. The van der Waals surface area contributed by atoms with Crippen LogP contribution in [0.4, 0.5) is 0 Å². The van der Waals surface area contributed by atoms with Gasteiger partial charge in [0.25, 0.3) is 0 Å². The summed E-state index contributed by atoms with van der Waals surface area (Å²) in [5, 5.41) is 9.51. The van der Waals surface area contributed by atoms with Gasteiger partial charge in [0.15, 0.2) is 6.10 Å². The van der Waals surface area contributed by atoms with E-state index >= 15 is 0 Å². The Balaban J connectivity index is 2.09. The molecule has 0 amide bonds. The Morgan fingerprint density at radius 1 is 1.35 bits per heavy atom. The van der Waals surface area contributed by atoms with Gasteiger partial charge >= 0.3 is 11.9 Å². The number of carbonyl (C=O) groups is 2. The van der Waals surface area contributed by atoms with Gasteiger partial charge in [0.1, 0.15) is 15.6 Å². The molecule has 1 heterocycles. The van der Waals surface area contributed by atoms with Crippen molar-refractivity contribution in [3.8, 4) is 5.75 Å². The maximum atomic E-state index is 11.4. The number of ether oxygens (including phenoxy) is 2. The Labute approximate surface area is 137 Å². The molecule has 1 aromatic heterocycles. The molecule has 0 fully saturated rings. The summed E-state index contributed by atoms with van der Waals surface area (Å²) >= 11 is 1.22. The number of thiazole rings is 1. The minimum Gasteiger partial charge on any atom is -0.479 e. The monoisotopic (exact) mass is 333 g/mol. The molecule has 0 bridgehead atoms. The van der Waals surface area contributed by atoms with Crippen LogP contribution in [-0.2, 0) is 9.53 Å². The van der Waals surface area contributed by atoms with Crippen molar-refractivity contribution in [1.29, 1.82) is 0 Å². The van der Waals surface area contributed by atoms with E-state index in [2.05, 4.69) is 9.72 Å². The number of carbonyl (C=O) groups excluding carboxylic acids is 1. The molecule has 0 aliphatic heterocycles. The van der Waals surface area contributed by atoms with Crippen LogP contribution in [0, 0.1) is 0 Å². The zero-order valence-electron chi connectivity index (χ0n) is 12.6. The van der Waals surface area contributed by atoms with Gasteiger partial charge in [-0.3, -0.25) is 0 Å². The highest BCUT2D eigenvalue weighted by Crippen LogP contribution is 2.19. The number of benzene rings is 1. The van der Waals surface area contributed by atoms with Crippen LogP contribution in [0.15, 0.2) is 30.5 Å². The molecule has 0 aliphatic carbocycles. The highest BCUT2D eigenvalue weighted by Gasteiger charge is 2.12. The first-order valence-corrected chi connectivity index (χ1v) is 7.53. The molecule has 23 heavy (non-hydrogen) atoms. The summed E-state index contributed by atoms with van der Waals surface area (Å²) in [6, 6.07) is 7.04. The van der Waals surface area contributed by atoms with Crippen LogP contribution in [0.3, 0.4) is 0 Å². The molecule has 1 aromatic carbocycles. The van der Waals surface area contributed by atoms with Crippen LogP contribution >= 0.6 is 11.3 Å². The Hall–Kier alpha value is -2.67. The SMILES string of the molecule is COC(=O)c1cnc(/C=C\c2cccc(O[C@H](C)C(=O)O)c2)s1. The largest absolute Gasteiger partial charge is 0.479 e. The number of methoxy groups -OCH3 is 1. The number of esters is 1. The fourth-order valence-corrected chi connectivity index (χ4v) is 2.41. The number of aromatic nitrogens is 1. The summed E-state index contributed by atoms with van der Waals surface area (Å²) < 4.78 is 9.94. The lowest BCUT2D eigenvalue weighted by Crippen LogP contribution is -2.22. The quantitative estimate of drug-likeness (QED) is 0.818. The van der Waals surface area contributed by atoms with E-state index < -0.39 is 18.0 Å². The molecule has 0 aliphatic rings.